The molecule has 0 heterocycles. The first-order valence-corrected chi connectivity index (χ1v) is 6.82. The maximum atomic E-state index is 13.1. The Morgan fingerprint density at radius 3 is 2.22 bits per heavy atom. The molecule has 18 heavy (non-hydrogen) atoms. The van der Waals surface area contributed by atoms with Crippen LogP contribution >= 0.6 is 0 Å². The zero-order chi connectivity index (χ0) is 13.3. The van der Waals surface area contributed by atoms with Gasteiger partial charge in [-0.2, -0.15) is 0 Å². The highest BCUT2D eigenvalue weighted by Crippen LogP contribution is 2.27. The first-order chi connectivity index (χ1) is 8.38. The molecule has 2 N–H and O–H groups in total. The third-order valence-corrected chi connectivity index (χ3v) is 3.56. The van der Waals surface area contributed by atoms with Crippen molar-refractivity contribution in [2.24, 2.45) is 5.14 Å². The van der Waals surface area contributed by atoms with Gasteiger partial charge in [0.2, 0.25) is 10.0 Å². The molecule has 2 aromatic rings. The van der Waals surface area contributed by atoms with Gasteiger partial charge in [-0.05, 0) is 24.6 Å². The van der Waals surface area contributed by atoms with Crippen molar-refractivity contribution in [1.82, 2.24) is 0 Å². The van der Waals surface area contributed by atoms with Crippen LogP contribution in [0.2, 0.25) is 0 Å². The van der Waals surface area contributed by atoms with E-state index in [0.29, 0.717) is 11.1 Å². The van der Waals surface area contributed by atoms with Crippen molar-refractivity contribution in [3.8, 4) is 11.1 Å². The maximum absolute atomic E-state index is 13.1. The molecular formula is C13H12FNO2S. The molecule has 3 nitrogen and oxygen atoms in total. The molecule has 0 aliphatic rings. The summed E-state index contributed by atoms with van der Waals surface area (Å²) in [6, 6.07) is 10.8. The van der Waals surface area contributed by atoms with Gasteiger partial charge >= 0.3 is 0 Å². The summed E-state index contributed by atoms with van der Waals surface area (Å²) in [5.41, 5.74) is 2.14. The van der Waals surface area contributed by atoms with Crippen LogP contribution in [0.5, 0.6) is 0 Å². The van der Waals surface area contributed by atoms with Crippen LogP contribution < -0.4 is 5.14 Å². The zero-order valence-electron chi connectivity index (χ0n) is 9.72. The van der Waals surface area contributed by atoms with Crippen LogP contribution in [0, 0.1) is 12.7 Å². The molecule has 0 fully saturated rings. The van der Waals surface area contributed by atoms with E-state index in [-0.39, 0.29) is 4.90 Å². The van der Waals surface area contributed by atoms with Gasteiger partial charge in [-0.3, -0.25) is 0 Å². The summed E-state index contributed by atoms with van der Waals surface area (Å²) in [4.78, 5) is -0.202. The van der Waals surface area contributed by atoms with Crippen molar-refractivity contribution in [3.05, 3.63) is 53.8 Å². The first kappa shape index (κ1) is 12.7. The molecular weight excluding hydrogens is 253 g/mol. The Hall–Kier alpha value is -1.72. The van der Waals surface area contributed by atoms with Crippen LogP contribution in [0.25, 0.3) is 11.1 Å². The fourth-order valence-electron chi connectivity index (χ4n) is 1.70. The van der Waals surface area contributed by atoms with E-state index in [4.69, 9.17) is 5.14 Å². The number of primary sulfonamides is 1. The molecule has 0 amide bonds. The van der Waals surface area contributed by atoms with E-state index in [1.807, 2.05) is 19.1 Å². The van der Waals surface area contributed by atoms with Crippen molar-refractivity contribution in [3.63, 3.8) is 0 Å². The Kier molecular flexibility index (Phi) is 3.19. The summed E-state index contributed by atoms with van der Waals surface area (Å²) in [7, 11) is -3.95. The second-order valence-corrected chi connectivity index (χ2v) is 5.58. The lowest BCUT2D eigenvalue weighted by atomic mass is 10.0. The van der Waals surface area contributed by atoms with Gasteiger partial charge in [0.25, 0.3) is 0 Å². The van der Waals surface area contributed by atoms with Gasteiger partial charge < -0.3 is 0 Å². The predicted octanol–water partition coefficient (Wildman–Crippen LogP) is 2.45. The summed E-state index contributed by atoms with van der Waals surface area (Å²) in [6.45, 7) is 1.93. The minimum absolute atomic E-state index is 0.202. The number of nitrogens with two attached hydrogens (primary N) is 1. The second-order valence-electron chi connectivity index (χ2n) is 4.05. The average molecular weight is 265 g/mol. The number of rotatable bonds is 2. The van der Waals surface area contributed by atoms with Crippen LogP contribution in [0.3, 0.4) is 0 Å². The summed E-state index contributed by atoms with van der Waals surface area (Å²) in [5, 5.41) is 5.10. The largest absolute Gasteiger partial charge is 0.238 e. The van der Waals surface area contributed by atoms with Gasteiger partial charge in [0.15, 0.2) is 0 Å². The highest BCUT2D eigenvalue weighted by molar-refractivity contribution is 7.89. The molecule has 0 aliphatic heterocycles. The van der Waals surface area contributed by atoms with Gasteiger partial charge in [0.05, 0.1) is 4.90 Å². The van der Waals surface area contributed by atoms with Crippen molar-refractivity contribution in [1.29, 1.82) is 0 Å². The molecule has 2 rings (SSSR count). The molecule has 0 saturated heterocycles. The number of sulfonamides is 1. The fraction of sp³-hybridized carbons (Fsp3) is 0.0769. The summed E-state index contributed by atoms with van der Waals surface area (Å²) in [6.07, 6.45) is 0. The number of aryl methyl sites for hydroxylation is 1. The standard InChI is InChI=1S/C13H12FNO2S/c1-9-2-4-10(5-3-9)12-7-6-11(14)8-13(12)18(15,16)17/h2-8H,1H3,(H2,15,16,17). The van der Waals surface area contributed by atoms with E-state index >= 15 is 0 Å². The highest BCUT2D eigenvalue weighted by atomic mass is 32.2. The number of benzene rings is 2. The monoisotopic (exact) mass is 265 g/mol. The Bertz CT molecular complexity index is 679. The van der Waals surface area contributed by atoms with Crippen LogP contribution in [0.1, 0.15) is 5.56 Å². The molecule has 0 radical (unpaired) electrons. The number of halogens is 1. The molecule has 5 heteroatoms. The summed E-state index contributed by atoms with van der Waals surface area (Å²) >= 11 is 0. The molecule has 0 saturated carbocycles. The Balaban J connectivity index is 2.68. The topological polar surface area (TPSA) is 60.2 Å². The molecule has 0 bridgehead atoms. The van der Waals surface area contributed by atoms with E-state index in [1.165, 1.54) is 12.1 Å². The molecule has 0 aromatic heterocycles. The quantitative estimate of drug-likeness (QED) is 0.906. The molecule has 0 spiro atoms. The van der Waals surface area contributed by atoms with E-state index in [0.717, 1.165) is 11.6 Å². The lowest BCUT2D eigenvalue weighted by molar-refractivity contribution is 0.593. The third-order valence-electron chi connectivity index (χ3n) is 2.61. The molecule has 2 aromatic carbocycles. The highest BCUT2D eigenvalue weighted by Gasteiger charge is 2.16. The Labute approximate surface area is 105 Å². The van der Waals surface area contributed by atoms with Gasteiger partial charge in [-0.15, -0.1) is 0 Å². The number of hydrogen-bond acceptors (Lipinski definition) is 2. The lowest BCUT2D eigenvalue weighted by Crippen LogP contribution is -2.13. The fourth-order valence-corrected chi connectivity index (χ4v) is 2.47. The summed E-state index contributed by atoms with van der Waals surface area (Å²) in [5.74, 6) is -0.630. The van der Waals surface area contributed by atoms with Crippen LogP contribution in [0.15, 0.2) is 47.4 Å². The normalized spacial score (nSPS) is 11.5. The maximum Gasteiger partial charge on any atom is 0.238 e. The van der Waals surface area contributed by atoms with Crippen molar-refractivity contribution < 1.29 is 12.8 Å². The molecule has 0 aliphatic carbocycles. The molecule has 0 atom stereocenters. The predicted molar refractivity (Wildman–Crippen MR) is 67.9 cm³/mol. The number of hydrogen-bond donors (Lipinski definition) is 1. The third kappa shape index (κ3) is 2.57. The smallest absolute Gasteiger partial charge is 0.225 e. The van der Waals surface area contributed by atoms with Crippen LogP contribution in [-0.4, -0.2) is 8.42 Å². The zero-order valence-corrected chi connectivity index (χ0v) is 10.5. The minimum atomic E-state index is -3.95. The van der Waals surface area contributed by atoms with Crippen molar-refractivity contribution in [2.45, 2.75) is 11.8 Å². The van der Waals surface area contributed by atoms with E-state index in [9.17, 15) is 12.8 Å². The van der Waals surface area contributed by atoms with Crippen molar-refractivity contribution in [2.75, 3.05) is 0 Å². The van der Waals surface area contributed by atoms with Gasteiger partial charge in [0.1, 0.15) is 5.82 Å². The Morgan fingerprint density at radius 1 is 1.06 bits per heavy atom. The summed E-state index contributed by atoms with van der Waals surface area (Å²) < 4.78 is 36.1. The van der Waals surface area contributed by atoms with E-state index in [1.54, 1.807) is 12.1 Å². The van der Waals surface area contributed by atoms with Crippen LogP contribution in [0.4, 0.5) is 4.39 Å². The second kappa shape index (κ2) is 4.51. The minimum Gasteiger partial charge on any atom is -0.225 e. The van der Waals surface area contributed by atoms with Gasteiger partial charge in [-0.1, -0.05) is 35.9 Å². The van der Waals surface area contributed by atoms with Gasteiger partial charge in [-0.25, -0.2) is 17.9 Å². The van der Waals surface area contributed by atoms with E-state index in [2.05, 4.69) is 0 Å². The van der Waals surface area contributed by atoms with Crippen LogP contribution in [-0.2, 0) is 10.0 Å². The van der Waals surface area contributed by atoms with Crippen molar-refractivity contribution >= 4 is 10.0 Å². The molecule has 94 valence electrons. The lowest BCUT2D eigenvalue weighted by Gasteiger charge is -2.08. The molecule has 0 unspecified atom stereocenters. The van der Waals surface area contributed by atoms with E-state index < -0.39 is 15.8 Å². The SMILES string of the molecule is Cc1ccc(-c2ccc(F)cc2S(N)(=O)=O)cc1. The first-order valence-electron chi connectivity index (χ1n) is 5.27. The Morgan fingerprint density at radius 2 is 1.67 bits per heavy atom. The van der Waals surface area contributed by atoms with Gasteiger partial charge in [0, 0.05) is 5.56 Å². The average Bonchev–Trinajstić information content (AvgIpc) is 2.29.